The molecule has 37 heavy (non-hydrogen) atoms. The summed E-state index contributed by atoms with van der Waals surface area (Å²) in [5, 5.41) is 15.6. The Hall–Kier alpha value is -4.02. The third-order valence-corrected chi connectivity index (χ3v) is 6.90. The largest absolute Gasteiger partial charge is 0.370 e. The minimum absolute atomic E-state index is 0.136. The first-order valence-corrected chi connectivity index (χ1v) is 12.5. The van der Waals surface area contributed by atoms with Gasteiger partial charge in [0.05, 0.1) is 11.7 Å². The van der Waals surface area contributed by atoms with Crippen molar-refractivity contribution < 1.29 is 0 Å². The molecule has 5 aromatic rings. The standard InChI is InChI=1S/C25H21Cl2N9O/c1-2-28-21-8-3-14(12-29-21)23-24(27)32-25(31-23)20-7-5-17-9-15(10-22(37)36(17)20)18-11-16(26)4-6-19(18)35-13-30-33-34-35/h3-4,6,8-13,20H,2,5,7H2,1H3,(H,28,29)(H,31,32)/t20-/m0/s1. The number of anilines is 1. The zero-order valence-electron chi connectivity index (χ0n) is 19.7. The van der Waals surface area contributed by atoms with Crippen molar-refractivity contribution in [1.29, 1.82) is 0 Å². The summed E-state index contributed by atoms with van der Waals surface area (Å²) < 4.78 is 3.32. The number of imidazole rings is 1. The van der Waals surface area contributed by atoms with Crippen LogP contribution in [0.5, 0.6) is 0 Å². The van der Waals surface area contributed by atoms with Gasteiger partial charge in [-0.3, -0.25) is 4.79 Å². The summed E-state index contributed by atoms with van der Waals surface area (Å²) in [5.74, 6) is 1.43. The zero-order chi connectivity index (χ0) is 25.5. The molecule has 10 nitrogen and oxygen atoms in total. The summed E-state index contributed by atoms with van der Waals surface area (Å²) in [5.41, 5.74) is 4.41. The van der Waals surface area contributed by atoms with Gasteiger partial charge in [0, 0.05) is 40.7 Å². The lowest BCUT2D eigenvalue weighted by molar-refractivity contribution is 0.572. The summed E-state index contributed by atoms with van der Waals surface area (Å²) in [6.45, 7) is 2.80. The van der Waals surface area contributed by atoms with Crippen LogP contribution in [0.1, 0.15) is 30.9 Å². The zero-order valence-corrected chi connectivity index (χ0v) is 21.2. The second-order valence-electron chi connectivity index (χ2n) is 8.66. The van der Waals surface area contributed by atoms with Crippen LogP contribution in [0, 0.1) is 0 Å². The van der Waals surface area contributed by atoms with Gasteiger partial charge in [-0.2, -0.15) is 4.68 Å². The maximum absolute atomic E-state index is 13.4. The van der Waals surface area contributed by atoms with E-state index in [1.54, 1.807) is 27.6 Å². The van der Waals surface area contributed by atoms with Crippen LogP contribution in [0.3, 0.4) is 0 Å². The van der Waals surface area contributed by atoms with Crippen molar-refractivity contribution in [3.8, 4) is 28.1 Å². The molecular formula is C25H21Cl2N9O. The number of nitrogens with one attached hydrogen (secondary N) is 2. The van der Waals surface area contributed by atoms with Crippen LogP contribution in [0.15, 0.2) is 59.8 Å². The minimum atomic E-state index is -0.255. The van der Waals surface area contributed by atoms with E-state index < -0.39 is 0 Å². The van der Waals surface area contributed by atoms with Crippen molar-refractivity contribution in [2.75, 3.05) is 11.9 Å². The van der Waals surface area contributed by atoms with Crippen LogP contribution in [-0.2, 0) is 6.42 Å². The first kappa shape index (κ1) is 23.4. The summed E-state index contributed by atoms with van der Waals surface area (Å²) in [6, 6.07) is 12.6. The number of pyridine rings is 2. The number of tetrazole rings is 1. The van der Waals surface area contributed by atoms with Crippen LogP contribution in [-0.4, -0.2) is 46.3 Å². The van der Waals surface area contributed by atoms with E-state index in [9.17, 15) is 4.79 Å². The predicted molar refractivity (Wildman–Crippen MR) is 141 cm³/mol. The molecule has 12 heteroatoms. The van der Waals surface area contributed by atoms with E-state index >= 15 is 0 Å². The fraction of sp³-hybridized carbons (Fsp3) is 0.200. The average Bonchev–Trinajstić information content (AvgIpc) is 3.65. The van der Waals surface area contributed by atoms with Gasteiger partial charge in [-0.15, -0.1) is 5.10 Å². The molecule has 4 aromatic heterocycles. The molecule has 0 aliphatic carbocycles. The summed E-state index contributed by atoms with van der Waals surface area (Å²) in [4.78, 5) is 25.8. The normalized spacial score (nSPS) is 14.6. The maximum Gasteiger partial charge on any atom is 0.252 e. The van der Waals surface area contributed by atoms with Crippen LogP contribution >= 0.6 is 23.2 Å². The molecule has 1 aliphatic heterocycles. The molecule has 1 atom stereocenters. The number of benzene rings is 1. The van der Waals surface area contributed by atoms with Gasteiger partial charge in [-0.05, 0) is 72.2 Å². The topological polar surface area (TPSA) is 119 Å². The molecule has 0 bridgehead atoms. The Morgan fingerprint density at radius 3 is 2.78 bits per heavy atom. The number of aromatic nitrogens is 8. The number of hydrogen-bond donors (Lipinski definition) is 2. The Bertz CT molecular complexity index is 1640. The molecule has 0 radical (unpaired) electrons. The molecule has 0 saturated heterocycles. The number of nitrogens with zero attached hydrogens (tertiary/aromatic N) is 7. The highest BCUT2D eigenvalue weighted by molar-refractivity contribution is 6.32. The molecule has 0 spiro atoms. The fourth-order valence-electron chi connectivity index (χ4n) is 4.76. The highest BCUT2D eigenvalue weighted by Crippen LogP contribution is 2.36. The molecule has 2 N–H and O–H groups in total. The van der Waals surface area contributed by atoms with E-state index in [-0.39, 0.29) is 11.6 Å². The number of aryl methyl sites for hydroxylation is 1. The van der Waals surface area contributed by atoms with Crippen molar-refractivity contribution >= 4 is 29.0 Å². The number of H-pyrrole nitrogens is 1. The van der Waals surface area contributed by atoms with Crippen molar-refractivity contribution in [3.05, 3.63) is 87.0 Å². The van der Waals surface area contributed by atoms with Gasteiger partial charge in [0.25, 0.3) is 5.56 Å². The molecule has 5 heterocycles. The number of fused-ring (bicyclic) bond motifs is 1. The Morgan fingerprint density at radius 1 is 1.14 bits per heavy atom. The van der Waals surface area contributed by atoms with E-state index in [1.807, 2.05) is 37.3 Å². The fourth-order valence-corrected chi connectivity index (χ4v) is 5.18. The van der Waals surface area contributed by atoms with Crippen molar-refractivity contribution in [2.24, 2.45) is 0 Å². The van der Waals surface area contributed by atoms with E-state index in [0.29, 0.717) is 28.1 Å². The Kier molecular flexibility index (Phi) is 5.97. The monoisotopic (exact) mass is 533 g/mol. The smallest absolute Gasteiger partial charge is 0.252 e. The van der Waals surface area contributed by atoms with Crippen molar-refractivity contribution in [2.45, 2.75) is 25.8 Å². The van der Waals surface area contributed by atoms with E-state index in [4.69, 9.17) is 28.2 Å². The van der Waals surface area contributed by atoms with Crippen LogP contribution in [0.4, 0.5) is 5.82 Å². The molecule has 0 saturated carbocycles. The highest BCUT2D eigenvalue weighted by Gasteiger charge is 2.29. The Balaban J connectivity index is 1.36. The third-order valence-electron chi connectivity index (χ3n) is 6.39. The quantitative estimate of drug-likeness (QED) is 0.328. The molecular weight excluding hydrogens is 513 g/mol. The number of halogens is 2. The second kappa shape index (κ2) is 9.45. The van der Waals surface area contributed by atoms with Gasteiger partial charge in [-0.1, -0.05) is 23.2 Å². The Labute approximate surface area is 221 Å². The molecule has 1 aromatic carbocycles. The van der Waals surface area contributed by atoms with E-state index in [2.05, 4.69) is 30.8 Å². The van der Waals surface area contributed by atoms with Gasteiger partial charge in [0.15, 0.2) is 0 Å². The lowest BCUT2D eigenvalue weighted by atomic mass is 10.0. The molecule has 1 aliphatic rings. The molecule has 0 amide bonds. The van der Waals surface area contributed by atoms with Crippen LogP contribution < -0.4 is 10.9 Å². The van der Waals surface area contributed by atoms with Gasteiger partial charge < -0.3 is 14.9 Å². The number of aromatic amines is 1. The molecule has 0 fully saturated rings. The highest BCUT2D eigenvalue weighted by atomic mass is 35.5. The van der Waals surface area contributed by atoms with Crippen LogP contribution in [0.25, 0.3) is 28.1 Å². The van der Waals surface area contributed by atoms with Crippen molar-refractivity contribution in [3.63, 3.8) is 0 Å². The molecule has 6 rings (SSSR count). The third kappa shape index (κ3) is 4.28. The second-order valence-corrected chi connectivity index (χ2v) is 9.48. The first-order chi connectivity index (χ1) is 18.0. The van der Waals surface area contributed by atoms with Crippen LogP contribution in [0.2, 0.25) is 10.2 Å². The van der Waals surface area contributed by atoms with Gasteiger partial charge in [0.2, 0.25) is 0 Å². The summed E-state index contributed by atoms with van der Waals surface area (Å²) in [6.07, 6.45) is 4.67. The predicted octanol–water partition coefficient (Wildman–Crippen LogP) is 4.55. The average molecular weight is 534 g/mol. The van der Waals surface area contributed by atoms with E-state index in [0.717, 1.165) is 46.9 Å². The SMILES string of the molecule is CCNc1ccc(-c2nc([C@@H]3CCc4cc(-c5cc(Cl)ccc5-n5cnnn5)cc(=O)n43)[nH]c2Cl)cn1. The van der Waals surface area contributed by atoms with Crippen molar-refractivity contribution in [1.82, 2.24) is 39.7 Å². The van der Waals surface area contributed by atoms with Gasteiger partial charge >= 0.3 is 0 Å². The van der Waals surface area contributed by atoms with Gasteiger partial charge in [0.1, 0.15) is 28.8 Å². The Morgan fingerprint density at radius 2 is 2.03 bits per heavy atom. The summed E-state index contributed by atoms with van der Waals surface area (Å²) >= 11 is 12.8. The first-order valence-electron chi connectivity index (χ1n) is 11.8. The molecule has 186 valence electrons. The molecule has 0 unspecified atom stereocenters. The lowest BCUT2D eigenvalue weighted by Crippen LogP contribution is -2.24. The number of hydrogen-bond acceptors (Lipinski definition) is 7. The van der Waals surface area contributed by atoms with Gasteiger partial charge in [-0.25, -0.2) is 9.97 Å². The summed E-state index contributed by atoms with van der Waals surface area (Å²) in [7, 11) is 0. The lowest BCUT2D eigenvalue weighted by Gasteiger charge is -2.15. The number of rotatable bonds is 6. The van der Waals surface area contributed by atoms with E-state index in [1.165, 1.54) is 6.33 Å². The minimum Gasteiger partial charge on any atom is -0.370 e. The maximum atomic E-state index is 13.4.